The molecule has 1 aliphatic heterocycles. The minimum absolute atomic E-state index is 0.0332. The van der Waals surface area contributed by atoms with Gasteiger partial charge in [-0.1, -0.05) is 0 Å². The summed E-state index contributed by atoms with van der Waals surface area (Å²) in [6.45, 7) is 1.05. The van der Waals surface area contributed by atoms with Crippen molar-refractivity contribution in [1.29, 1.82) is 0 Å². The SMILES string of the molecule is O=[N+]([O-])c1ccc(Nc2ccc3c(c2)OCCO3)c2ncccc12. The number of fused-ring (bicyclic) bond motifs is 2. The van der Waals surface area contributed by atoms with Gasteiger partial charge >= 0.3 is 0 Å². The van der Waals surface area contributed by atoms with Gasteiger partial charge in [0.25, 0.3) is 5.69 Å². The Labute approximate surface area is 137 Å². The van der Waals surface area contributed by atoms with Gasteiger partial charge in [0.15, 0.2) is 11.5 Å². The lowest BCUT2D eigenvalue weighted by Crippen LogP contribution is -2.15. The van der Waals surface area contributed by atoms with E-state index in [-0.39, 0.29) is 5.69 Å². The summed E-state index contributed by atoms with van der Waals surface area (Å²) >= 11 is 0. The first-order chi connectivity index (χ1) is 11.7. The third-order valence-electron chi connectivity index (χ3n) is 3.76. The zero-order valence-electron chi connectivity index (χ0n) is 12.6. The Kier molecular flexibility index (Phi) is 3.38. The van der Waals surface area contributed by atoms with Crippen LogP contribution in [0.15, 0.2) is 48.7 Å². The molecule has 120 valence electrons. The fourth-order valence-corrected chi connectivity index (χ4v) is 2.69. The van der Waals surface area contributed by atoms with E-state index in [1.54, 1.807) is 24.4 Å². The number of nitrogens with one attached hydrogen (secondary N) is 1. The van der Waals surface area contributed by atoms with Crippen LogP contribution >= 0.6 is 0 Å². The summed E-state index contributed by atoms with van der Waals surface area (Å²) in [6, 6.07) is 12.0. The van der Waals surface area contributed by atoms with Crippen molar-refractivity contribution in [3.63, 3.8) is 0 Å². The van der Waals surface area contributed by atoms with Crippen molar-refractivity contribution in [2.75, 3.05) is 18.5 Å². The zero-order chi connectivity index (χ0) is 16.5. The van der Waals surface area contributed by atoms with E-state index in [4.69, 9.17) is 9.47 Å². The summed E-state index contributed by atoms with van der Waals surface area (Å²) in [7, 11) is 0. The molecule has 0 spiro atoms. The van der Waals surface area contributed by atoms with Gasteiger partial charge in [-0.2, -0.15) is 0 Å². The van der Waals surface area contributed by atoms with E-state index in [9.17, 15) is 10.1 Å². The van der Waals surface area contributed by atoms with Crippen molar-refractivity contribution in [1.82, 2.24) is 4.98 Å². The Hall–Kier alpha value is -3.35. The van der Waals surface area contributed by atoms with Crippen LogP contribution in [0.5, 0.6) is 11.5 Å². The molecule has 24 heavy (non-hydrogen) atoms. The molecule has 0 amide bonds. The van der Waals surface area contributed by atoms with E-state index < -0.39 is 4.92 Å². The molecule has 0 bridgehead atoms. The van der Waals surface area contributed by atoms with Gasteiger partial charge in [-0.25, -0.2) is 0 Å². The van der Waals surface area contributed by atoms with E-state index in [2.05, 4.69) is 10.3 Å². The van der Waals surface area contributed by atoms with Crippen LogP contribution in [0.4, 0.5) is 17.1 Å². The highest BCUT2D eigenvalue weighted by Gasteiger charge is 2.16. The first-order valence-electron chi connectivity index (χ1n) is 7.41. The normalized spacial score (nSPS) is 12.8. The van der Waals surface area contributed by atoms with Gasteiger partial charge < -0.3 is 14.8 Å². The number of nitro benzene ring substituents is 1. The number of rotatable bonds is 3. The maximum atomic E-state index is 11.2. The minimum Gasteiger partial charge on any atom is -0.486 e. The molecular weight excluding hydrogens is 310 g/mol. The largest absolute Gasteiger partial charge is 0.486 e. The van der Waals surface area contributed by atoms with Crippen LogP contribution in [0.25, 0.3) is 10.9 Å². The maximum Gasteiger partial charge on any atom is 0.278 e. The first kappa shape index (κ1) is 14.3. The number of non-ortho nitro benzene ring substituents is 1. The smallest absolute Gasteiger partial charge is 0.278 e. The molecule has 2 heterocycles. The summed E-state index contributed by atoms with van der Waals surface area (Å²) < 4.78 is 11.1. The van der Waals surface area contributed by atoms with E-state index in [0.717, 1.165) is 5.69 Å². The number of nitrogens with zero attached hydrogens (tertiary/aromatic N) is 2. The summed E-state index contributed by atoms with van der Waals surface area (Å²) in [6.07, 6.45) is 1.61. The minimum atomic E-state index is -0.405. The van der Waals surface area contributed by atoms with Crippen LogP contribution in [0.1, 0.15) is 0 Å². The quantitative estimate of drug-likeness (QED) is 0.585. The van der Waals surface area contributed by atoms with Crippen molar-refractivity contribution in [2.45, 2.75) is 0 Å². The number of benzene rings is 2. The molecule has 3 aromatic rings. The lowest BCUT2D eigenvalue weighted by molar-refractivity contribution is -0.383. The third-order valence-corrected chi connectivity index (χ3v) is 3.76. The van der Waals surface area contributed by atoms with Crippen LogP contribution in [-0.4, -0.2) is 23.1 Å². The van der Waals surface area contributed by atoms with Crippen LogP contribution in [-0.2, 0) is 0 Å². The van der Waals surface area contributed by atoms with E-state index in [1.807, 2.05) is 18.2 Å². The van der Waals surface area contributed by atoms with Gasteiger partial charge in [-0.15, -0.1) is 0 Å². The molecule has 0 radical (unpaired) electrons. The average Bonchev–Trinajstić information content (AvgIpc) is 2.61. The Morgan fingerprint density at radius 2 is 1.92 bits per heavy atom. The van der Waals surface area contributed by atoms with Crippen molar-refractivity contribution < 1.29 is 14.4 Å². The fraction of sp³-hybridized carbons (Fsp3) is 0.118. The predicted octanol–water partition coefficient (Wildman–Crippen LogP) is 3.66. The average molecular weight is 323 g/mol. The highest BCUT2D eigenvalue weighted by molar-refractivity contribution is 5.97. The number of pyridine rings is 1. The van der Waals surface area contributed by atoms with Crippen molar-refractivity contribution in [3.05, 3.63) is 58.8 Å². The van der Waals surface area contributed by atoms with Gasteiger partial charge in [-0.05, 0) is 30.3 Å². The van der Waals surface area contributed by atoms with Crippen molar-refractivity contribution in [3.8, 4) is 11.5 Å². The van der Waals surface area contributed by atoms with Gasteiger partial charge in [-0.3, -0.25) is 15.1 Å². The molecule has 4 rings (SSSR count). The maximum absolute atomic E-state index is 11.2. The number of hydrogen-bond donors (Lipinski definition) is 1. The second-order valence-corrected chi connectivity index (χ2v) is 5.27. The number of ether oxygens (including phenoxy) is 2. The summed E-state index contributed by atoms with van der Waals surface area (Å²) in [5, 5.41) is 14.9. The van der Waals surface area contributed by atoms with Crippen LogP contribution in [0.3, 0.4) is 0 Å². The summed E-state index contributed by atoms with van der Waals surface area (Å²) in [5.41, 5.74) is 2.06. The third kappa shape index (κ3) is 2.45. The van der Waals surface area contributed by atoms with Gasteiger partial charge in [0.1, 0.15) is 18.7 Å². The van der Waals surface area contributed by atoms with Crippen LogP contribution < -0.4 is 14.8 Å². The molecule has 0 saturated heterocycles. The van der Waals surface area contributed by atoms with E-state index in [0.29, 0.717) is 41.3 Å². The van der Waals surface area contributed by atoms with Crippen LogP contribution in [0, 0.1) is 10.1 Å². The van der Waals surface area contributed by atoms with Crippen molar-refractivity contribution in [2.24, 2.45) is 0 Å². The molecule has 0 saturated carbocycles. The monoisotopic (exact) mass is 323 g/mol. The lowest BCUT2D eigenvalue weighted by atomic mass is 10.1. The van der Waals surface area contributed by atoms with Gasteiger partial charge in [0.2, 0.25) is 0 Å². The zero-order valence-corrected chi connectivity index (χ0v) is 12.6. The molecule has 7 heteroatoms. The second kappa shape index (κ2) is 5.69. The van der Waals surface area contributed by atoms with Gasteiger partial charge in [0, 0.05) is 24.0 Å². The summed E-state index contributed by atoms with van der Waals surface area (Å²) in [4.78, 5) is 15.1. The Morgan fingerprint density at radius 3 is 2.75 bits per heavy atom. The molecule has 1 N–H and O–H groups in total. The number of nitro groups is 1. The predicted molar refractivity (Wildman–Crippen MR) is 89.1 cm³/mol. The number of anilines is 2. The van der Waals surface area contributed by atoms with E-state index in [1.165, 1.54) is 6.07 Å². The van der Waals surface area contributed by atoms with Crippen LogP contribution in [0.2, 0.25) is 0 Å². The lowest BCUT2D eigenvalue weighted by Gasteiger charge is -2.19. The standard InChI is InChI=1S/C17H13N3O4/c21-20(22)14-5-4-13(17-12(14)2-1-7-18-17)19-11-3-6-15-16(10-11)24-9-8-23-15/h1-7,10,19H,8-9H2. The Bertz CT molecular complexity index is 942. The van der Waals surface area contributed by atoms with Crippen molar-refractivity contribution >= 4 is 28.0 Å². The molecule has 1 aromatic heterocycles. The molecule has 7 nitrogen and oxygen atoms in total. The first-order valence-corrected chi connectivity index (χ1v) is 7.41. The van der Waals surface area contributed by atoms with Gasteiger partial charge in [0.05, 0.1) is 16.0 Å². The fourth-order valence-electron chi connectivity index (χ4n) is 2.69. The molecule has 0 atom stereocenters. The molecule has 1 aliphatic rings. The highest BCUT2D eigenvalue weighted by Crippen LogP contribution is 2.36. The Balaban J connectivity index is 1.75. The second-order valence-electron chi connectivity index (χ2n) is 5.27. The molecule has 0 fully saturated rings. The number of hydrogen-bond acceptors (Lipinski definition) is 6. The van der Waals surface area contributed by atoms with E-state index >= 15 is 0 Å². The Morgan fingerprint density at radius 1 is 1.08 bits per heavy atom. The molecular formula is C17H13N3O4. The molecule has 0 aliphatic carbocycles. The molecule has 0 unspecified atom stereocenters. The molecule has 2 aromatic carbocycles. The number of aromatic nitrogens is 1. The topological polar surface area (TPSA) is 86.5 Å². The highest BCUT2D eigenvalue weighted by atomic mass is 16.6. The summed E-state index contributed by atoms with van der Waals surface area (Å²) in [5.74, 6) is 1.38.